The van der Waals surface area contributed by atoms with Gasteiger partial charge < -0.3 is 10.1 Å². The molecule has 0 atom stereocenters. The number of nitrogens with zero attached hydrogens (tertiary/aromatic N) is 1. The molecule has 1 aromatic heterocycles. The molecule has 15 heavy (non-hydrogen) atoms. The Hall–Kier alpha value is -1.05. The molecule has 0 amide bonds. The van der Waals surface area contributed by atoms with Gasteiger partial charge in [-0.05, 0) is 32.9 Å². The van der Waals surface area contributed by atoms with Crippen molar-refractivity contribution in [1.82, 2.24) is 5.32 Å². The van der Waals surface area contributed by atoms with Gasteiger partial charge in [-0.2, -0.15) is 5.26 Å². The summed E-state index contributed by atoms with van der Waals surface area (Å²) in [5.74, 6) is 0. The van der Waals surface area contributed by atoms with Crippen LogP contribution in [-0.2, 0) is 0 Å². The highest BCUT2D eigenvalue weighted by Gasteiger charge is 2.29. The van der Waals surface area contributed by atoms with Crippen molar-refractivity contribution in [3.63, 3.8) is 0 Å². The predicted molar refractivity (Wildman–Crippen MR) is 60.2 cm³/mol. The molecule has 0 spiro atoms. The Morgan fingerprint density at radius 1 is 1.53 bits per heavy atom. The van der Waals surface area contributed by atoms with Crippen molar-refractivity contribution >= 4 is 11.3 Å². The van der Waals surface area contributed by atoms with E-state index in [-0.39, 0.29) is 5.60 Å². The van der Waals surface area contributed by atoms with E-state index >= 15 is 0 Å². The molecular formula is C11H14N2OS. The largest absolute Gasteiger partial charge is 0.478 e. The molecule has 2 heterocycles. The maximum absolute atomic E-state index is 8.71. The highest BCUT2D eigenvalue weighted by Crippen LogP contribution is 2.30. The Morgan fingerprint density at radius 3 is 2.87 bits per heavy atom. The minimum atomic E-state index is -0.0666. The Balaban J connectivity index is 2.04. The fraction of sp³-hybridized carbons (Fsp3) is 0.545. The lowest BCUT2D eigenvalue weighted by atomic mass is 9.95. The zero-order valence-electron chi connectivity index (χ0n) is 8.75. The molecule has 3 nitrogen and oxygen atoms in total. The van der Waals surface area contributed by atoms with Crippen LogP contribution in [0, 0.1) is 11.3 Å². The second-order valence-corrected chi connectivity index (χ2v) is 4.94. The average molecular weight is 222 g/mol. The molecule has 0 aromatic carbocycles. The molecule has 0 unspecified atom stereocenters. The number of hydrogen-bond donors (Lipinski definition) is 1. The molecule has 80 valence electrons. The molecule has 1 aliphatic rings. The summed E-state index contributed by atoms with van der Waals surface area (Å²) in [5, 5.41) is 14.7. The third-order valence-electron chi connectivity index (χ3n) is 2.71. The maximum Gasteiger partial charge on any atom is 0.175 e. The number of hydrogen-bond acceptors (Lipinski definition) is 4. The van der Waals surface area contributed by atoms with Crippen molar-refractivity contribution in [2.75, 3.05) is 13.1 Å². The smallest absolute Gasteiger partial charge is 0.175 e. The van der Waals surface area contributed by atoms with E-state index in [4.69, 9.17) is 10.00 Å². The van der Waals surface area contributed by atoms with Crippen molar-refractivity contribution in [3.8, 4) is 11.1 Å². The van der Waals surface area contributed by atoms with Crippen LogP contribution in [0.2, 0.25) is 0 Å². The minimum Gasteiger partial charge on any atom is -0.478 e. The van der Waals surface area contributed by atoms with Crippen LogP contribution in [0.3, 0.4) is 0 Å². The summed E-state index contributed by atoms with van der Waals surface area (Å²) in [6.07, 6.45) is 2.04. The SMILES string of the molecule is CC1(Oc2cc(C#N)cs2)CCNCC1. The zero-order valence-corrected chi connectivity index (χ0v) is 9.56. The summed E-state index contributed by atoms with van der Waals surface area (Å²) in [7, 11) is 0. The maximum atomic E-state index is 8.71. The van der Waals surface area contributed by atoms with Gasteiger partial charge in [0, 0.05) is 11.4 Å². The number of nitrogens with one attached hydrogen (secondary N) is 1. The zero-order chi connectivity index (χ0) is 10.7. The first-order valence-electron chi connectivity index (χ1n) is 5.10. The summed E-state index contributed by atoms with van der Waals surface area (Å²) >= 11 is 1.50. The lowest BCUT2D eigenvalue weighted by molar-refractivity contribution is 0.0596. The molecule has 0 bridgehead atoms. The van der Waals surface area contributed by atoms with Gasteiger partial charge >= 0.3 is 0 Å². The molecule has 1 N–H and O–H groups in total. The molecule has 0 radical (unpaired) electrons. The standard InChI is InChI=1S/C11H14N2OS/c1-11(2-4-13-5-3-11)14-10-6-9(7-12)8-15-10/h6,8,13H,2-5H2,1H3. The van der Waals surface area contributed by atoms with Crippen molar-refractivity contribution in [2.24, 2.45) is 0 Å². The summed E-state index contributed by atoms with van der Waals surface area (Å²) < 4.78 is 5.95. The van der Waals surface area contributed by atoms with Gasteiger partial charge in [0.2, 0.25) is 0 Å². The second kappa shape index (κ2) is 4.21. The highest BCUT2D eigenvalue weighted by atomic mass is 32.1. The van der Waals surface area contributed by atoms with E-state index in [0.717, 1.165) is 31.0 Å². The lowest BCUT2D eigenvalue weighted by Gasteiger charge is -2.33. The Labute approximate surface area is 93.7 Å². The monoisotopic (exact) mass is 222 g/mol. The lowest BCUT2D eigenvalue weighted by Crippen LogP contribution is -2.43. The van der Waals surface area contributed by atoms with Gasteiger partial charge in [-0.3, -0.25) is 0 Å². The van der Waals surface area contributed by atoms with Crippen LogP contribution in [-0.4, -0.2) is 18.7 Å². The summed E-state index contributed by atoms with van der Waals surface area (Å²) in [6, 6.07) is 3.93. The van der Waals surface area contributed by atoms with Crippen molar-refractivity contribution in [2.45, 2.75) is 25.4 Å². The second-order valence-electron chi connectivity index (χ2n) is 4.07. The third kappa shape index (κ3) is 2.49. The van der Waals surface area contributed by atoms with E-state index in [9.17, 15) is 0 Å². The van der Waals surface area contributed by atoms with E-state index < -0.39 is 0 Å². The fourth-order valence-electron chi connectivity index (χ4n) is 1.73. The quantitative estimate of drug-likeness (QED) is 0.833. The molecule has 1 aliphatic heterocycles. The number of piperidine rings is 1. The molecule has 1 fully saturated rings. The van der Waals surface area contributed by atoms with Gasteiger partial charge in [0.25, 0.3) is 0 Å². The van der Waals surface area contributed by atoms with E-state index in [1.54, 1.807) is 0 Å². The van der Waals surface area contributed by atoms with E-state index in [0.29, 0.717) is 5.56 Å². The van der Waals surface area contributed by atoms with Crippen molar-refractivity contribution < 1.29 is 4.74 Å². The van der Waals surface area contributed by atoms with Gasteiger partial charge in [-0.25, -0.2) is 0 Å². The normalized spacial score (nSPS) is 19.5. The molecule has 0 saturated carbocycles. The van der Waals surface area contributed by atoms with Crippen LogP contribution in [0.4, 0.5) is 0 Å². The molecule has 2 rings (SSSR count). The highest BCUT2D eigenvalue weighted by molar-refractivity contribution is 7.12. The molecule has 1 aromatic rings. The summed E-state index contributed by atoms with van der Waals surface area (Å²) in [6.45, 7) is 4.15. The molecule has 4 heteroatoms. The summed E-state index contributed by atoms with van der Waals surface area (Å²) in [5.41, 5.74) is 0.621. The third-order valence-corrected chi connectivity index (χ3v) is 3.52. The number of nitriles is 1. The van der Waals surface area contributed by atoms with Crippen LogP contribution in [0.15, 0.2) is 11.4 Å². The Bertz CT molecular complexity index is 374. The van der Waals surface area contributed by atoms with Crippen LogP contribution in [0.25, 0.3) is 0 Å². The van der Waals surface area contributed by atoms with Crippen LogP contribution in [0.5, 0.6) is 5.06 Å². The van der Waals surface area contributed by atoms with Gasteiger partial charge in [-0.1, -0.05) is 0 Å². The molecular weight excluding hydrogens is 208 g/mol. The van der Waals surface area contributed by atoms with E-state index in [2.05, 4.69) is 18.3 Å². The topological polar surface area (TPSA) is 45.0 Å². The molecule has 0 aliphatic carbocycles. The van der Waals surface area contributed by atoms with E-state index in [1.807, 2.05) is 11.4 Å². The Morgan fingerprint density at radius 2 is 2.27 bits per heavy atom. The number of ether oxygens (including phenoxy) is 1. The molecule has 1 saturated heterocycles. The van der Waals surface area contributed by atoms with Gasteiger partial charge in [0.15, 0.2) is 5.06 Å². The first kappa shape index (κ1) is 10.5. The summed E-state index contributed by atoms with van der Waals surface area (Å²) in [4.78, 5) is 0. The minimum absolute atomic E-state index is 0.0666. The van der Waals surface area contributed by atoms with Gasteiger partial charge in [0.05, 0.1) is 5.56 Å². The van der Waals surface area contributed by atoms with Crippen LogP contribution < -0.4 is 10.1 Å². The predicted octanol–water partition coefficient (Wildman–Crippen LogP) is 2.14. The van der Waals surface area contributed by atoms with Gasteiger partial charge in [-0.15, -0.1) is 11.3 Å². The number of thiophene rings is 1. The first-order valence-corrected chi connectivity index (χ1v) is 5.98. The first-order chi connectivity index (χ1) is 7.22. The Kier molecular flexibility index (Phi) is 2.94. The van der Waals surface area contributed by atoms with Crippen LogP contribution >= 0.6 is 11.3 Å². The van der Waals surface area contributed by atoms with Crippen LogP contribution in [0.1, 0.15) is 25.3 Å². The average Bonchev–Trinajstić information content (AvgIpc) is 2.66. The van der Waals surface area contributed by atoms with Crippen molar-refractivity contribution in [1.29, 1.82) is 5.26 Å². The van der Waals surface area contributed by atoms with Crippen molar-refractivity contribution in [3.05, 3.63) is 17.0 Å². The number of rotatable bonds is 2. The van der Waals surface area contributed by atoms with E-state index in [1.165, 1.54) is 11.3 Å². The van der Waals surface area contributed by atoms with Gasteiger partial charge in [0.1, 0.15) is 11.7 Å². The fourth-order valence-corrected chi connectivity index (χ4v) is 2.54.